The molecule has 0 unspecified atom stereocenters. The van der Waals surface area contributed by atoms with Gasteiger partial charge in [0, 0.05) is 6.54 Å². The van der Waals surface area contributed by atoms with Crippen molar-refractivity contribution in [3.8, 4) is 5.75 Å². The molecule has 0 radical (unpaired) electrons. The summed E-state index contributed by atoms with van der Waals surface area (Å²) in [6.07, 6.45) is -2.12. The highest BCUT2D eigenvalue weighted by atomic mass is 19.4. The number of ether oxygens (including phenoxy) is 1. The standard InChI is InChI=1S/C28H30F3NO2/c29-28(30,31)25-14-7-8-15-26(25)34-21-9-18-32-19-16-24(17-20-32)27(33,22-10-3-1-4-11-22)23-12-5-2-6-13-23/h1-8,10-15,24,33H,9,16-21H2. The number of piperidine rings is 1. The smallest absolute Gasteiger partial charge is 0.419 e. The van der Waals surface area contributed by atoms with E-state index in [9.17, 15) is 18.3 Å². The minimum absolute atomic E-state index is 0.0727. The Morgan fingerprint density at radius 1 is 0.794 bits per heavy atom. The van der Waals surface area contributed by atoms with Crippen molar-refractivity contribution in [1.82, 2.24) is 4.90 Å². The lowest BCUT2D eigenvalue weighted by molar-refractivity contribution is -0.139. The van der Waals surface area contributed by atoms with Crippen molar-refractivity contribution in [3.63, 3.8) is 0 Å². The molecule has 0 bridgehead atoms. The van der Waals surface area contributed by atoms with Crippen molar-refractivity contribution in [3.05, 3.63) is 102 Å². The zero-order chi connectivity index (χ0) is 24.0. The van der Waals surface area contributed by atoms with Gasteiger partial charge < -0.3 is 14.7 Å². The second kappa shape index (κ2) is 10.6. The first-order chi connectivity index (χ1) is 16.4. The predicted octanol–water partition coefficient (Wildman–Crippen LogP) is 6.12. The molecule has 1 N–H and O–H groups in total. The van der Waals surface area contributed by atoms with Crippen molar-refractivity contribution in [1.29, 1.82) is 0 Å². The normalized spacial score (nSPS) is 15.9. The highest BCUT2D eigenvalue weighted by Crippen LogP contribution is 2.42. The fourth-order valence-corrected chi connectivity index (χ4v) is 4.89. The van der Waals surface area contributed by atoms with Crippen LogP contribution in [0.4, 0.5) is 13.2 Å². The number of hydrogen-bond acceptors (Lipinski definition) is 3. The highest BCUT2D eigenvalue weighted by Gasteiger charge is 2.41. The number of para-hydroxylation sites is 1. The van der Waals surface area contributed by atoms with Crippen molar-refractivity contribution in [2.24, 2.45) is 5.92 Å². The van der Waals surface area contributed by atoms with Gasteiger partial charge in [-0.2, -0.15) is 13.2 Å². The van der Waals surface area contributed by atoms with Gasteiger partial charge in [0.05, 0.1) is 12.2 Å². The van der Waals surface area contributed by atoms with Crippen LogP contribution in [-0.2, 0) is 11.8 Å². The fourth-order valence-electron chi connectivity index (χ4n) is 4.89. The van der Waals surface area contributed by atoms with Crippen LogP contribution in [0.1, 0.15) is 36.0 Å². The molecule has 0 aromatic heterocycles. The van der Waals surface area contributed by atoms with Gasteiger partial charge in [-0.05, 0) is 61.5 Å². The van der Waals surface area contributed by atoms with E-state index in [4.69, 9.17) is 4.74 Å². The number of benzene rings is 3. The van der Waals surface area contributed by atoms with Gasteiger partial charge in [-0.1, -0.05) is 72.8 Å². The topological polar surface area (TPSA) is 32.7 Å². The Morgan fingerprint density at radius 3 is 1.88 bits per heavy atom. The second-order valence-electron chi connectivity index (χ2n) is 8.81. The molecule has 3 aromatic carbocycles. The zero-order valence-electron chi connectivity index (χ0n) is 19.0. The quantitative estimate of drug-likeness (QED) is 0.403. The van der Waals surface area contributed by atoms with E-state index in [1.165, 1.54) is 12.1 Å². The van der Waals surface area contributed by atoms with E-state index in [-0.39, 0.29) is 18.3 Å². The van der Waals surface area contributed by atoms with E-state index >= 15 is 0 Å². The molecule has 3 nitrogen and oxygen atoms in total. The molecule has 34 heavy (non-hydrogen) atoms. The number of aliphatic hydroxyl groups is 1. The van der Waals surface area contributed by atoms with Gasteiger partial charge >= 0.3 is 6.18 Å². The van der Waals surface area contributed by atoms with Crippen LogP contribution in [0, 0.1) is 5.92 Å². The molecule has 4 rings (SSSR count). The SMILES string of the molecule is OC(c1ccccc1)(c1ccccc1)C1CCN(CCCOc2ccccc2C(F)(F)F)CC1. The van der Waals surface area contributed by atoms with E-state index in [0.717, 1.165) is 49.7 Å². The van der Waals surface area contributed by atoms with Crippen molar-refractivity contribution < 1.29 is 23.0 Å². The van der Waals surface area contributed by atoms with Crippen LogP contribution in [0.2, 0.25) is 0 Å². The Labute approximate surface area is 198 Å². The monoisotopic (exact) mass is 469 g/mol. The summed E-state index contributed by atoms with van der Waals surface area (Å²) < 4.78 is 44.8. The molecule has 0 atom stereocenters. The van der Waals surface area contributed by atoms with Crippen LogP contribution >= 0.6 is 0 Å². The summed E-state index contributed by atoms with van der Waals surface area (Å²) >= 11 is 0. The third-order valence-electron chi connectivity index (χ3n) is 6.67. The fraction of sp³-hybridized carbons (Fsp3) is 0.357. The maximum absolute atomic E-state index is 13.1. The van der Waals surface area contributed by atoms with Crippen LogP contribution in [0.25, 0.3) is 0 Å². The molecule has 0 saturated carbocycles. The number of likely N-dealkylation sites (tertiary alicyclic amines) is 1. The second-order valence-corrected chi connectivity index (χ2v) is 8.81. The summed E-state index contributed by atoms with van der Waals surface area (Å²) in [6.45, 7) is 2.62. The Kier molecular flexibility index (Phi) is 7.59. The van der Waals surface area contributed by atoms with Gasteiger partial charge in [0.1, 0.15) is 11.4 Å². The van der Waals surface area contributed by atoms with Crippen molar-refractivity contribution in [2.45, 2.75) is 31.0 Å². The van der Waals surface area contributed by atoms with E-state index in [1.807, 2.05) is 60.7 Å². The van der Waals surface area contributed by atoms with E-state index in [0.29, 0.717) is 6.42 Å². The van der Waals surface area contributed by atoms with Crippen LogP contribution in [-0.4, -0.2) is 36.2 Å². The van der Waals surface area contributed by atoms with Gasteiger partial charge in [-0.25, -0.2) is 0 Å². The summed E-state index contributed by atoms with van der Waals surface area (Å²) in [6, 6.07) is 25.0. The largest absolute Gasteiger partial charge is 0.493 e. The Hall–Kier alpha value is -2.83. The summed E-state index contributed by atoms with van der Waals surface area (Å²) in [4.78, 5) is 2.30. The number of halogens is 3. The zero-order valence-corrected chi connectivity index (χ0v) is 19.0. The van der Waals surface area contributed by atoms with Gasteiger partial charge in [0.25, 0.3) is 0 Å². The maximum Gasteiger partial charge on any atom is 0.419 e. The summed E-state index contributed by atoms with van der Waals surface area (Å²) in [5.41, 5.74) is 0.00337. The number of nitrogens with zero attached hydrogens (tertiary/aromatic N) is 1. The van der Waals surface area contributed by atoms with Crippen LogP contribution in [0.3, 0.4) is 0 Å². The average molecular weight is 470 g/mol. The molecule has 6 heteroatoms. The molecule has 1 heterocycles. The van der Waals surface area contributed by atoms with Crippen LogP contribution in [0.15, 0.2) is 84.9 Å². The van der Waals surface area contributed by atoms with E-state index < -0.39 is 17.3 Å². The molecular weight excluding hydrogens is 439 g/mol. The lowest BCUT2D eigenvalue weighted by atomic mass is 9.72. The van der Waals surface area contributed by atoms with Gasteiger partial charge in [0.2, 0.25) is 0 Å². The molecule has 0 aliphatic carbocycles. The molecule has 3 aromatic rings. The minimum Gasteiger partial charge on any atom is -0.493 e. The maximum atomic E-state index is 13.1. The first-order valence-electron chi connectivity index (χ1n) is 11.7. The molecule has 1 fully saturated rings. The van der Waals surface area contributed by atoms with E-state index in [1.54, 1.807) is 6.07 Å². The molecule has 1 saturated heterocycles. The third kappa shape index (κ3) is 5.45. The lowest BCUT2D eigenvalue weighted by Gasteiger charge is -2.42. The Balaban J connectivity index is 1.33. The average Bonchev–Trinajstić information content (AvgIpc) is 2.87. The third-order valence-corrected chi connectivity index (χ3v) is 6.67. The number of alkyl halides is 3. The number of hydrogen-bond donors (Lipinski definition) is 1. The van der Waals surface area contributed by atoms with Crippen molar-refractivity contribution >= 4 is 0 Å². The molecule has 1 aliphatic heterocycles. The van der Waals surface area contributed by atoms with E-state index in [2.05, 4.69) is 4.90 Å². The lowest BCUT2D eigenvalue weighted by Crippen LogP contribution is -2.44. The van der Waals surface area contributed by atoms with Crippen LogP contribution in [0.5, 0.6) is 5.75 Å². The Bertz CT molecular complexity index is 993. The minimum atomic E-state index is -4.42. The molecule has 180 valence electrons. The molecule has 1 aliphatic rings. The summed E-state index contributed by atoms with van der Waals surface area (Å²) in [5.74, 6) is -0.0482. The van der Waals surface area contributed by atoms with Gasteiger partial charge in [-0.15, -0.1) is 0 Å². The summed E-state index contributed by atoms with van der Waals surface area (Å²) in [7, 11) is 0. The predicted molar refractivity (Wildman–Crippen MR) is 127 cm³/mol. The Morgan fingerprint density at radius 2 is 1.32 bits per heavy atom. The first-order valence-corrected chi connectivity index (χ1v) is 11.7. The van der Waals surface area contributed by atoms with Crippen LogP contribution < -0.4 is 4.74 Å². The molecule has 0 spiro atoms. The first kappa shape index (κ1) is 24.3. The van der Waals surface area contributed by atoms with Gasteiger partial charge in [-0.3, -0.25) is 0 Å². The van der Waals surface area contributed by atoms with Crippen molar-refractivity contribution in [2.75, 3.05) is 26.2 Å². The highest BCUT2D eigenvalue weighted by molar-refractivity contribution is 5.37. The molecular formula is C28H30F3NO2. The number of rotatable bonds is 8. The van der Waals surface area contributed by atoms with Gasteiger partial charge in [0.15, 0.2) is 0 Å². The molecule has 0 amide bonds. The summed E-state index contributed by atoms with van der Waals surface area (Å²) in [5, 5.41) is 12.0.